The maximum atomic E-state index is 9.43. The van der Waals surface area contributed by atoms with Crippen LogP contribution in [0.4, 0.5) is 0 Å². The number of methoxy groups -OCH3 is 1. The van der Waals surface area contributed by atoms with Crippen LogP contribution in [0.2, 0.25) is 0 Å². The van der Waals surface area contributed by atoms with Gasteiger partial charge in [-0.1, -0.05) is 106 Å². The molecule has 0 spiro atoms. The van der Waals surface area contributed by atoms with E-state index in [4.69, 9.17) is 9.84 Å². The number of rotatable bonds is 13. The Labute approximate surface area is 274 Å². The van der Waals surface area contributed by atoms with Crippen molar-refractivity contribution >= 4 is 10.8 Å². The average Bonchev–Trinajstić information content (AvgIpc) is 3.08. The molecule has 3 aromatic carbocycles. The third-order valence-corrected chi connectivity index (χ3v) is 10.7. The predicted octanol–water partition coefficient (Wildman–Crippen LogP) is 10.5. The van der Waals surface area contributed by atoms with Crippen molar-refractivity contribution in [1.82, 2.24) is 0 Å². The highest BCUT2D eigenvalue weighted by Crippen LogP contribution is 2.41. The Morgan fingerprint density at radius 3 is 1.96 bits per heavy atom. The largest absolute Gasteiger partial charge is 0.396 e. The van der Waals surface area contributed by atoms with Gasteiger partial charge in [-0.15, -0.1) is 0 Å². The van der Waals surface area contributed by atoms with E-state index in [2.05, 4.69) is 74.2 Å². The molecule has 0 heterocycles. The first-order valence-corrected chi connectivity index (χ1v) is 17.9. The van der Waals surface area contributed by atoms with Crippen molar-refractivity contribution in [3.05, 3.63) is 83.9 Å². The molecule has 0 bridgehead atoms. The van der Waals surface area contributed by atoms with Crippen molar-refractivity contribution in [3.63, 3.8) is 0 Å². The molecule has 3 aromatic rings. The number of benzene rings is 3. The summed E-state index contributed by atoms with van der Waals surface area (Å²) in [6, 6.07) is 23.4. The Hall–Kier alpha value is -2.46. The summed E-state index contributed by atoms with van der Waals surface area (Å²) in [5.41, 5.74) is 6.42. The molecule has 45 heavy (non-hydrogen) atoms. The summed E-state index contributed by atoms with van der Waals surface area (Å²) in [7, 11) is 1.80. The molecule has 3 heteroatoms. The van der Waals surface area contributed by atoms with Gasteiger partial charge in [0.1, 0.15) is 0 Å². The van der Waals surface area contributed by atoms with Crippen LogP contribution < -0.4 is 0 Å². The number of aliphatic hydroxyl groups is 2. The van der Waals surface area contributed by atoms with Crippen LogP contribution in [0.3, 0.4) is 0 Å². The minimum atomic E-state index is 0.111. The molecule has 2 N–H and O–H groups in total. The Balaban J connectivity index is 0.000000854. The number of ether oxygens (including phenoxy) is 1. The Morgan fingerprint density at radius 1 is 0.800 bits per heavy atom. The monoisotopic (exact) mass is 612 g/mol. The number of hydrogen-bond acceptors (Lipinski definition) is 3. The van der Waals surface area contributed by atoms with Gasteiger partial charge >= 0.3 is 0 Å². The van der Waals surface area contributed by atoms with E-state index >= 15 is 0 Å². The molecule has 0 radical (unpaired) electrons. The SMILES string of the molecule is C=C(C)CO.CCCc1ccc(-c2ccc3cc(C4CCC(CCC5CCC(C(CCO)COC)CC5)CC4)ccc3c2)cc1. The Kier molecular flexibility index (Phi) is 14.7. The van der Waals surface area contributed by atoms with Gasteiger partial charge in [-0.2, -0.15) is 0 Å². The van der Waals surface area contributed by atoms with Gasteiger partial charge in [0.2, 0.25) is 0 Å². The van der Waals surface area contributed by atoms with Crippen molar-refractivity contribution in [1.29, 1.82) is 0 Å². The number of aliphatic hydroxyl groups excluding tert-OH is 2. The summed E-state index contributed by atoms with van der Waals surface area (Å²) in [5.74, 6) is 3.88. The smallest absolute Gasteiger partial charge is 0.0636 e. The molecule has 1 atom stereocenters. The zero-order valence-corrected chi connectivity index (χ0v) is 28.5. The van der Waals surface area contributed by atoms with E-state index in [0.29, 0.717) is 12.5 Å². The highest BCUT2D eigenvalue weighted by molar-refractivity contribution is 5.88. The average molecular weight is 613 g/mol. The minimum Gasteiger partial charge on any atom is -0.396 e. The second-order valence-corrected chi connectivity index (χ2v) is 14.2. The predicted molar refractivity (Wildman–Crippen MR) is 192 cm³/mol. The first-order chi connectivity index (χ1) is 21.9. The van der Waals surface area contributed by atoms with E-state index in [-0.39, 0.29) is 6.61 Å². The molecular formula is C42H60O3. The Bertz CT molecular complexity index is 1270. The summed E-state index contributed by atoms with van der Waals surface area (Å²) in [6.07, 6.45) is 17.1. The van der Waals surface area contributed by atoms with Gasteiger partial charge in [0.25, 0.3) is 0 Å². The van der Waals surface area contributed by atoms with Crippen molar-refractivity contribution in [2.24, 2.45) is 23.7 Å². The van der Waals surface area contributed by atoms with E-state index in [1.807, 2.05) is 0 Å². The van der Waals surface area contributed by atoms with Crippen molar-refractivity contribution < 1.29 is 14.9 Å². The zero-order chi connectivity index (χ0) is 32.0. The van der Waals surface area contributed by atoms with Gasteiger partial charge in [-0.05, 0) is 127 Å². The van der Waals surface area contributed by atoms with Crippen LogP contribution in [0, 0.1) is 23.7 Å². The summed E-state index contributed by atoms with van der Waals surface area (Å²) < 4.78 is 5.44. The summed E-state index contributed by atoms with van der Waals surface area (Å²) in [6.45, 7) is 8.66. The van der Waals surface area contributed by atoms with Crippen LogP contribution in [0.1, 0.15) is 108 Å². The normalized spacial score (nSPS) is 22.4. The van der Waals surface area contributed by atoms with E-state index in [9.17, 15) is 5.11 Å². The van der Waals surface area contributed by atoms with Crippen molar-refractivity contribution in [2.75, 3.05) is 26.9 Å². The molecule has 0 amide bonds. The second kappa shape index (κ2) is 18.6. The lowest BCUT2D eigenvalue weighted by Crippen LogP contribution is -2.26. The second-order valence-electron chi connectivity index (χ2n) is 14.2. The van der Waals surface area contributed by atoms with Gasteiger partial charge in [-0.3, -0.25) is 0 Å². The molecule has 0 saturated heterocycles. The van der Waals surface area contributed by atoms with Crippen molar-refractivity contribution in [2.45, 2.75) is 103 Å². The van der Waals surface area contributed by atoms with Crippen LogP contribution >= 0.6 is 0 Å². The standard InChI is InChI=1S/C38H52O2.C4H8O/c1-3-4-28-7-13-31(14-8-28)34-19-21-37-26-35(20-22-36(37)25-34)32-15-9-29(10-16-32)5-6-30-11-17-33(18-12-30)38(23-24-39)27-40-2;1-4(2)3-5/h7-8,13-14,19-22,25-26,29-30,32-33,38-39H,3-6,9-12,15-18,23-24,27H2,1-2H3;5H,1,3H2,2H3. The van der Waals surface area contributed by atoms with Crippen LogP contribution in [0.5, 0.6) is 0 Å². The molecule has 2 aliphatic carbocycles. The van der Waals surface area contributed by atoms with E-state index in [1.165, 1.54) is 98.1 Å². The van der Waals surface area contributed by atoms with E-state index in [1.54, 1.807) is 19.6 Å². The van der Waals surface area contributed by atoms with Gasteiger partial charge < -0.3 is 14.9 Å². The van der Waals surface area contributed by atoms with Gasteiger partial charge in [0.15, 0.2) is 0 Å². The topological polar surface area (TPSA) is 49.7 Å². The molecular weight excluding hydrogens is 552 g/mol. The molecule has 0 aliphatic heterocycles. The number of hydrogen-bond donors (Lipinski definition) is 2. The summed E-state index contributed by atoms with van der Waals surface area (Å²) >= 11 is 0. The van der Waals surface area contributed by atoms with Crippen LogP contribution in [-0.4, -0.2) is 37.1 Å². The molecule has 0 aromatic heterocycles. The van der Waals surface area contributed by atoms with E-state index < -0.39 is 0 Å². The summed E-state index contributed by atoms with van der Waals surface area (Å²) in [4.78, 5) is 0. The molecule has 2 fully saturated rings. The van der Waals surface area contributed by atoms with Crippen LogP contribution in [-0.2, 0) is 11.2 Å². The van der Waals surface area contributed by atoms with Crippen LogP contribution in [0.15, 0.2) is 72.8 Å². The van der Waals surface area contributed by atoms with E-state index in [0.717, 1.165) is 48.7 Å². The third kappa shape index (κ3) is 10.8. The first-order valence-electron chi connectivity index (χ1n) is 17.9. The number of aryl methyl sites for hydroxylation is 1. The summed E-state index contributed by atoms with van der Waals surface area (Å²) in [5, 5.41) is 20.2. The number of fused-ring (bicyclic) bond motifs is 1. The lowest BCUT2D eigenvalue weighted by atomic mass is 9.72. The molecule has 2 aliphatic rings. The highest BCUT2D eigenvalue weighted by atomic mass is 16.5. The fourth-order valence-corrected chi connectivity index (χ4v) is 7.89. The van der Waals surface area contributed by atoms with Gasteiger partial charge in [0.05, 0.1) is 6.61 Å². The zero-order valence-electron chi connectivity index (χ0n) is 28.5. The van der Waals surface area contributed by atoms with Crippen LogP contribution in [0.25, 0.3) is 21.9 Å². The molecule has 1 unspecified atom stereocenters. The van der Waals surface area contributed by atoms with Gasteiger partial charge in [0, 0.05) is 20.3 Å². The fraction of sp³-hybridized carbons (Fsp3) is 0.571. The van der Waals surface area contributed by atoms with Gasteiger partial charge in [-0.25, -0.2) is 0 Å². The fourth-order valence-electron chi connectivity index (χ4n) is 7.89. The quantitative estimate of drug-likeness (QED) is 0.189. The minimum absolute atomic E-state index is 0.111. The molecule has 246 valence electrons. The Morgan fingerprint density at radius 2 is 1.38 bits per heavy atom. The lowest BCUT2D eigenvalue weighted by molar-refractivity contribution is 0.0758. The lowest BCUT2D eigenvalue weighted by Gasteiger charge is -2.35. The molecule has 5 rings (SSSR count). The first kappa shape index (κ1) is 35.4. The maximum Gasteiger partial charge on any atom is 0.0636 e. The van der Waals surface area contributed by atoms with Crippen molar-refractivity contribution in [3.8, 4) is 11.1 Å². The molecule has 2 saturated carbocycles. The highest BCUT2D eigenvalue weighted by Gasteiger charge is 2.29. The maximum absolute atomic E-state index is 9.43. The molecule has 3 nitrogen and oxygen atoms in total. The third-order valence-electron chi connectivity index (χ3n) is 10.7.